The maximum Gasteiger partial charge on any atom is 0.251 e. The predicted octanol–water partition coefficient (Wildman–Crippen LogP) is 2.60. The van der Waals surface area contributed by atoms with Crippen LogP contribution in [-0.4, -0.2) is 31.2 Å². The number of carbonyl (C=O) groups is 1. The Labute approximate surface area is 145 Å². The fourth-order valence-corrected chi connectivity index (χ4v) is 2.45. The van der Waals surface area contributed by atoms with Crippen LogP contribution in [0.25, 0.3) is 11.4 Å². The number of amides is 1. The second-order valence-electron chi connectivity index (χ2n) is 6.20. The van der Waals surface area contributed by atoms with E-state index in [0.29, 0.717) is 23.1 Å². The fourth-order valence-electron chi connectivity index (χ4n) is 2.45. The maximum absolute atomic E-state index is 12.7. The Kier molecular flexibility index (Phi) is 4.60. The van der Waals surface area contributed by atoms with Gasteiger partial charge in [-0.25, -0.2) is 4.98 Å². The molecule has 25 heavy (non-hydrogen) atoms. The van der Waals surface area contributed by atoms with Crippen molar-refractivity contribution in [2.45, 2.75) is 33.7 Å². The van der Waals surface area contributed by atoms with Crippen LogP contribution in [0.3, 0.4) is 0 Å². The van der Waals surface area contributed by atoms with Gasteiger partial charge >= 0.3 is 0 Å². The van der Waals surface area contributed by atoms with Crippen LogP contribution in [0.5, 0.6) is 0 Å². The number of carbonyl (C=O) groups excluding carboxylic acids is 1. The zero-order valence-electron chi connectivity index (χ0n) is 14.6. The first-order valence-corrected chi connectivity index (χ1v) is 8.04. The van der Waals surface area contributed by atoms with Gasteiger partial charge in [0.05, 0.1) is 0 Å². The van der Waals surface area contributed by atoms with Crippen molar-refractivity contribution in [3.8, 4) is 11.4 Å². The van der Waals surface area contributed by atoms with E-state index in [4.69, 9.17) is 4.52 Å². The summed E-state index contributed by atoms with van der Waals surface area (Å²) in [6, 6.07) is 6.81. The van der Waals surface area contributed by atoms with E-state index in [2.05, 4.69) is 30.6 Å². The van der Waals surface area contributed by atoms with Gasteiger partial charge in [-0.15, -0.1) is 0 Å². The van der Waals surface area contributed by atoms with Gasteiger partial charge in [0.25, 0.3) is 5.91 Å². The first-order chi connectivity index (χ1) is 11.9. The van der Waals surface area contributed by atoms with Crippen LogP contribution < -0.4 is 5.32 Å². The normalized spacial score (nSPS) is 12.4. The number of rotatable bonds is 5. The molecule has 0 saturated heterocycles. The molecule has 0 bridgehead atoms. The van der Waals surface area contributed by atoms with Crippen molar-refractivity contribution in [2.75, 3.05) is 0 Å². The number of hydrogen-bond acceptors (Lipinski definition) is 6. The smallest absolute Gasteiger partial charge is 0.251 e. The van der Waals surface area contributed by atoms with Crippen molar-refractivity contribution in [3.63, 3.8) is 0 Å². The van der Waals surface area contributed by atoms with Gasteiger partial charge in [0, 0.05) is 11.1 Å². The Morgan fingerprint density at radius 1 is 1.24 bits per heavy atom. The van der Waals surface area contributed by atoms with E-state index < -0.39 is 0 Å². The van der Waals surface area contributed by atoms with Gasteiger partial charge in [0.1, 0.15) is 11.9 Å². The highest BCUT2D eigenvalue weighted by molar-refractivity contribution is 5.95. The molecule has 0 aliphatic rings. The van der Waals surface area contributed by atoms with Crippen LogP contribution >= 0.6 is 0 Å². The lowest BCUT2D eigenvalue weighted by atomic mass is 10.0. The summed E-state index contributed by atoms with van der Waals surface area (Å²) in [5.74, 6) is 2.10. The lowest BCUT2D eigenvalue weighted by molar-refractivity contribution is 0.0914. The van der Waals surface area contributed by atoms with Crippen LogP contribution in [0.4, 0.5) is 0 Å². The lowest BCUT2D eigenvalue weighted by Gasteiger charge is -2.18. The van der Waals surface area contributed by atoms with E-state index in [1.165, 1.54) is 0 Å². The molecular weight excluding hydrogens is 320 g/mol. The van der Waals surface area contributed by atoms with Gasteiger partial charge in [0.15, 0.2) is 11.6 Å². The summed E-state index contributed by atoms with van der Waals surface area (Å²) in [7, 11) is 0. The molecule has 0 aliphatic heterocycles. The number of H-pyrrole nitrogens is 1. The summed E-state index contributed by atoms with van der Waals surface area (Å²) in [4.78, 5) is 21.2. The number of hydrogen-bond donors (Lipinski definition) is 2. The molecule has 1 amide bonds. The van der Waals surface area contributed by atoms with E-state index in [9.17, 15) is 4.79 Å². The Hall–Kier alpha value is -3.03. The van der Waals surface area contributed by atoms with Crippen LogP contribution in [0, 0.1) is 19.8 Å². The minimum Gasteiger partial charge on any atom is -0.340 e. The van der Waals surface area contributed by atoms with E-state index in [1.807, 2.05) is 26.8 Å². The number of aromatic nitrogens is 5. The van der Waals surface area contributed by atoms with E-state index >= 15 is 0 Å². The molecule has 3 rings (SSSR count). The third-order valence-electron chi connectivity index (χ3n) is 3.74. The van der Waals surface area contributed by atoms with Gasteiger partial charge in [-0.3, -0.25) is 9.89 Å². The van der Waals surface area contributed by atoms with Crippen molar-refractivity contribution in [2.24, 2.45) is 5.92 Å². The molecule has 2 heterocycles. The number of nitrogens with one attached hydrogen (secondary N) is 2. The van der Waals surface area contributed by atoms with Gasteiger partial charge in [-0.1, -0.05) is 31.1 Å². The first-order valence-electron chi connectivity index (χ1n) is 8.04. The van der Waals surface area contributed by atoms with Crippen LogP contribution in [0.2, 0.25) is 0 Å². The van der Waals surface area contributed by atoms with E-state index in [1.54, 1.807) is 25.1 Å². The number of aryl methyl sites for hydroxylation is 2. The average Bonchev–Trinajstić information content (AvgIpc) is 3.20. The van der Waals surface area contributed by atoms with Gasteiger partial charge in [-0.2, -0.15) is 10.1 Å². The Morgan fingerprint density at radius 2 is 2.04 bits per heavy atom. The molecule has 8 heteroatoms. The van der Waals surface area contributed by atoms with Gasteiger partial charge < -0.3 is 9.84 Å². The van der Waals surface area contributed by atoms with Crippen molar-refractivity contribution >= 4 is 5.91 Å². The third kappa shape index (κ3) is 3.73. The minimum absolute atomic E-state index is 0.0997. The summed E-state index contributed by atoms with van der Waals surface area (Å²) in [5, 5.41) is 13.7. The molecule has 0 aliphatic carbocycles. The minimum atomic E-state index is -0.358. The predicted molar refractivity (Wildman–Crippen MR) is 90.6 cm³/mol. The largest absolute Gasteiger partial charge is 0.340 e. The van der Waals surface area contributed by atoms with Crippen molar-refractivity contribution in [1.29, 1.82) is 0 Å². The fraction of sp³-hybridized carbons (Fsp3) is 0.353. The van der Waals surface area contributed by atoms with Gasteiger partial charge in [0.2, 0.25) is 5.89 Å². The number of nitrogens with zero attached hydrogens (tertiary/aromatic N) is 4. The molecule has 1 atom stereocenters. The molecule has 2 aromatic heterocycles. The molecule has 2 N–H and O–H groups in total. The highest BCUT2D eigenvalue weighted by atomic mass is 16.5. The quantitative estimate of drug-likeness (QED) is 0.739. The van der Waals surface area contributed by atoms with Crippen molar-refractivity contribution < 1.29 is 9.32 Å². The second kappa shape index (κ2) is 6.84. The summed E-state index contributed by atoms with van der Waals surface area (Å²) < 4.78 is 5.22. The van der Waals surface area contributed by atoms with E-state index in [0.717, 1.165) is 11.4 Å². The maximum atomic E-state index is 12.7. The summed E-state index contributed by atoms with van der Waals surface area (Å²) in [6.07, 6.45) is 0. The molecule has 8 nitrogen and oxygen atoms in total. The zero-order chi connectivity index (χ0) is 18.0. The number of benzene rings is 1. The zero-order valence-corrected chi connectivity index (χ0v) is 14.6. The molecule has 1 unspecified atom stereocenters. The summed E-state index contributed by atoms with van der Waals surface area (Å²) >= 11 is 0. The number of aromatic amines is 1. The molecule has 0 radical (unpaired) electrons. The van der Waals surface area contributed by atoms with Crippen molar-refractivity contribution in [3.05, 3.63) is 47.4 Å². The summed E-state index contributed by atoms with van der Waals surface area (Å²) in [5.41, 5.74) is 1.29. The Balaban J connectivity index is 1.82. The Morgan fingerprint density at radius 3 is 2.64 bits per heavy atom. The molecule has 130 valence electrons. The molecular formula is C17H20N6O2. The molecule has 0 fully saturated rings. The van der Waals surface area contributed by atoms with Crippen LogP contribution in [0.1, 0.15) is 47.8 Å². The van der Waals surface area contributed by atoms with E-state index in [-0.39, 0.29) is 17.9 Å². The van der Waals surface area contributed by atoms with Crippen molar-refractivity contribution in [1.82, 2.24) is 30.6 Å². The molecule has 3 aromatic rings. The average molecular weight is 340 g/mol. The molecule has 0 saturated carbocycles. The Bertz CT molecular complexity index is 883. The monoisotopic (exact) mass is 340 g/mol. The summed E-state index contributed by atoms with van der Waals surface area (Å²) in [6.45, 7) is 7.54. The highest BCUT2D eigenvalue weighted by Crippen LogP contribution is 2.22. The van der Waals surface area contributed by atoms with Gasteiger partial charge in [-0.05, 0) is 31.9 Å². The van der Waals surface area contributed by atoms with Crippen LogP contribution in [0.15, 0.2) is 28.8 Å². The van der Waals surface area contributed by atoms with Crippen LogP contribution in [-0.2, 0) is 0 Å². The standard InChI is InChI=1S/C17H20N6O2/c1-9(2)14(17-19-11(4)23-25-17)20-16(24)13-7-5-6-12(8-13)15-18-10(3)21-22-15/h5-9,14H,1-4H3,(H,20,24)(H,18,21,22). The SMILES string of the molecule is Cc1noc(C(NC(=O)c2cccc(-c3n[nH]c(C)n3)c2)C(C)C)n1. The molecule has 0 spiro atoms. The lowest BCUT2D eigenvalue weighted by Crippen LogP contribution is -2.32. The topological polar surface area (TPSA) is 110 Å². The highest BCUT2D eigenvalue weighted by Gasteiger charge is 2.24. The third-order valence-corrected chi connectivity index (χ3v) is 3.74. The first kappa shape index (κ1) is 16.8. The second-order valence-corrected chi connectivity index (χ2v) is 6.20. The molecule has 1 aromatic carbocycles.